The lowest BCUT2D eigenvalue weighted by Crippen LogP contribution is -1.93. The van der Waals surface area contributed by atoms with Crippen LogP contribution in [-0.4, -0.2) is 32.7 Å². The fourth-order valence-corrected chi connectivity index (χ4v) is 3.34. The number of aromatic nitrogens is 4. The standard InChI is InChI=1S/C18H12BrN5O2.CH2F2/c19-14-6-12-8-17(18-21-23-24-22-18)26-16(12)7-11(14)3-1-10-2-4-15(25)13(5-10)9-20;2-1-3/h2,4-8,25H,1,3H2,(H,21,22,23,24);1H2. The quantitative estimate of drug-likeness (QED) is 0.458. The fraction of sp³-hybridized carbons (Fsp3) is 0.158. The highest BCUT2D eigenvalue weighted by Gasteiger charge is 2.13. The summed E-state index contributed by atoms with van der Waals surface area (Å²) in [5, 5.41) is 33.4. The van der Waals surface area contributed by atoms with Gasteiger partial charge in [-0.1, -0.05) is 22.0 Å². The van der Waals surface area contributed by atoms with Gasteiger partial charge >= 0.3 is 0 Å². The van der Waals surface area contributed by atoms with Crippen LogP contribution in [0.5, 0.6) is 5.75 Å². The number of nitriles is 1. The van der Waals surface area contributed by atoms with Gasteiger partial charge in [0.1, 0.15) is 17.4 Å². The molecule has 0 saturated heterocycles. The van der Waals surface area contributed by atoms with Crippen LogP contribution in [-0.2, 0) is 12.8 Å². The Hall–Kier alpha value is -3.32. The number of nitrogens with zero attached hydrogens (tertiary/aromatic N) is 4. The molecule has 0 fully saturated rings. The van der Waals surface area contributed by atoms with E-state index in [1.54, 1.807) is 12.1 Å². The van der Waals surface area contributed by atoms with Crippen LogP contribution in [0.3, 0.4) is 0 Å². The van der Waals surface area contributed by atoms with Gasteiger partial charge in [0.2, 0.25) is 12.8 Å². The number of phenols is 1. The maximum atomic E-state index is 9.62. The fourth-order valence-electron chi connectivity index (χ4n) is 2.78. The summed E-state index contributed by atoms with van der Waals surface area (Å²) in [6.45, 7) is -1.75. The first-order valence-electron chi connectivity index (χ1n) is 8.35. The maximum Gasteiger partial charge on any atom is 0.239 e. The maximum absolute atomic E-state index is 9.62. The molecule has 0 aliphatic heterocycles. The minimum Gasteiger partial charge on any atom is -0.507 e. The number of phenolic OH excluding ortho intramolecular Hbond substituents is 1. The summed E-state index contributed by atoms with van der Waals surface area (Å²) in [7, 11) is 0. The Balaban J connectivity index is 0.000000755. The largest absolute Gasteiger partial charge is 0.507 e. The van der Waals surface area contributed by atoms with E-state index in [2.05, 4.69) is 36.6 Å². The first-order chi connectivity index (χ1) is 14.0. The Bertz CT molecular complexity index is 1160. The molecule has 0 unspecified atom stereocenters. The van der Waals surface area contributed by atoms with Gasteiger partial charge in [0.25, 0.3) is 0 Å². The Morgan fingerprint density at radius 1 is 1.17 bits per heavy atom. The van der Waals surface area contributed by atoms with Crippen LogP contribution in [0.2, 0.25) is 0 Å². The number of nitrogens with one attached hydrogen (secondary N) is 1. The molecule has 0 atom stereocenters. The summed E-state index contributed by atoms with van der Waals surface area (Å²) >= 11 is 3.60. The zero-order valence-electron chi connectivity index (χ0n) is 14.9. The van der Waals surface area contributed by atoms with Gasteiger partial charge in [-0.15, -0.1) is 10.2 Å². The molecule has 4 aromatic rings. The molecule has 29 heavy (non-hydrogen) atoms. The molecule has 0 aliphatic rings. The van der Waals surface area contributed by atoms with Crippen LogP contribution >= 0.6 is 15.9 Å². The van der Waals surface area contributed by atoms with Crippen molar-refractivity contribution in [1.29, 1.82) is 5.26 Å². The third-order valence-corrected chi connectivity index (χ3v) is 4.85. The van der Waals surface area contributed by atoms with Crippen molar-refractivity contribution in [1.82, 2.24) is 20.6 Å². The van der Waals surface area contributed by atoms with Crippen LogP contribution in [0, 0.1) is 11.3 Å². The second-order valence-corrected chi connectivity index (χ2v) is 6.75. The second kappa shape index (κ2) is 9.25. The Morgan fingerprint density at radius 2 is 1.97 bits per heavy atom. The Morgan fingerprint density at radius 3 is 2.66 bits per heavy atom. The Kier molecular flexibility index (Phi) is 6.51. The smallest absolute Gasteiger partial charge is 0.239 e. The molecule has 2 heterocycles. The summed E-state index contributed by atoms with van der Waals surface area (Å²) in [6.07, 6.45) is 1.49. The number of rotatable bonds is 4. The number of alkyl halides is 2. The van der Waals surface area contributed by atoms with Crippen LogP contribution in [0.15, 0.2) is 45.3 Å². The highest BCUT2D eigenvalue weighted by Crippen LogP contribution is 2.31. The van der Waals surface area contributed by atoms with Crippen molar-refractivity contribution >= 4 is 26.9 Å². The molecule has 0 bridgehead atoms. The SMILES string of the molecule is FCF.N#Cc1cc(CCc2cc3oc(-c4nn[nH]n4)cc3cc2Br)ccc1O. The average Bonchev–Trinajstić information content (AvgIpc) is 3.37. The number of aromatic hydroxyl groups is 1. The molecule has 2 N–H and O–H groups in total. The van der Waals surface area contributed by atoms with Crippen molar-refractivity contribution in [3.8, 4) is 23.4 Å². The molecular formula is C19H14BrF2N5O2. The predicted octanol–water partition coefficient (Wildman–Crippen LogP) is 4.62. The molecule has 2 aromatic carbocycles. The number of hydrogen-bond acceptors (Lipinski definition) is 6. The number of benzene rings is 2. The number of aromatic amines is 1. The summed E-state index contributed by atoms with van der Waals surface area (Å²) in [4.78, 5) is 0. The van der Waals surface area contributed by atoms with Crippen LogP contribution in [0.4, 0.5) is 8.78 Å². The van der Waals surface area contributed by atoms with Gasteiger partial charge in [0.05, 0.1) is 5.56 Å². The van der Waals surface area contributed by atoms with E-state index in [-0.39, 0.29) is 11.3 Å². The van der Waals surface area contributed by atoms with Crippen molar-refractivity contribution in [3.63, 3.8) is 0 Å². The summed E-state index contributed by atoms with van der Waals surface area (Å²) in [5.74, 6) is 0.963. The van der Waals surface area contributed by atoms with E-state index >= 15 is 0 Å². The van der Waals surface area contributed by atoms with E-state index in [9.17, 15) is 13.9 Å². The topological polar surface area (TPSA) is 112 Å². The van der Waals surface area contributed by atoms with Crippen molar-refractivity contribution < 1.29 is 18.3 Å². The number of aryl methyl sites for hydroxylation is 2. The zero-order valence-corrected chi connectivity index (χ0v) is 16.4. The first kappa shape index (κ1) is 20.4. The Labute approximate surface area is 172 Å². The van der Waals surface area contributed by atoms with Gasteiger partial charge in [-0.25, -0.2) is 8.78 Å². The van der Waals surface area contributed by atoms with E-state index in [1.807, 2.05) is 30.3 Å². The zero-order chi connectivity index (χ0) is 20.8. The van der Waals surface area contributed by atoms with Crippen LogP contribution in [0.25, 0.3) is 22.6 Å². The number of fused-ring (bicyclic) bond motifs is 1. The van der Waals surface area contributed by atoms with Crippen LogP contribution < -0.4 is 0 Å². The molecule has 4 rings (SSSR count). The summed E-state index contributed by atoms with van der Waals surface area (Å²) < 4.78 is 26.1. The lowest BCUT2D eigenvalue weighted by molar-refractivity contribution is 0.295. The predicted molar refractivity (Wildman–Crippen MR) is 104 cm³/mol. The number of tetrazole rings is 1. The molecule has 0 saturated carbocycles. The first-order valence-corrected chi connectivity index (χ1v) is 9.14. The van der Waals surface area contributed by atoms with Gasteiger partial charge in [-0.3, -0.25) is 0 Å². The van der Waals surface area contributed by atoms with Crippen molar-refractivity contribution in [2.24, 2.45) is 0 Å². The lowest BCUT2D eigenvalue weighted by Gasteiger charge is -2.06. The van der Waals surface area contributed by atoms with Crippen LogP contribution in [0.1, 0.15) is 16.7 Å². The minimum absolute atomic E-state index is 0.00318. The highest BCUT2D eigenvalue weighted by molar-refractivity contribution is 9.10. The average molecular weight is 462 g/mol. The monoisotopic (exact) mass is 461 g/mol. The number of halogens is 3. The summed E-state index contributed by atoms with van der Waals surface area (Å²) in [6, 6.07) is 12.9. The number of H-pyrrole nitrogens is 1. The van der Waals surface area contributed by atoms with Gasteiger partial charge in [-0.2, -0.15) is 10.5 Å². The van der Waals surface area contributed by atoms with Crippen molar-refractivity contribution in [2.45, 2.75) is 12.8 Å². The normalized spacial score (nSPS) is 10.4. The summed E-state index contributed by atoms with van der Waals surface area (Å²) in [5.41, 5.74) is 3.09. The van der Waals surface area contributed by atoms with Gasteiger partial charge < -0.3 is 9.52 Å². The minimum atomic E-state index is -1.75. The van der Waals surface area contributed by atoms with E-state index in [1.165, 1.54) is 0 Å². The van der Waals surface area contributed by atoms with E-state index in [0.29, 0.717) is 11.6 Å². The lowest BCUT2D eigenvalue weighted by atomic mass is 10.0. The molecule has 2 aromatic heterocycles. The van der Waals surface area contributed by atoms with Crippen molar-refractivity contribution in [2.75, 3.05) is 6.93 Å². The van der Waals surface area contributed by atoms with Gasteiger partial charge in [-0.05, 0) is 59.5 Å². The number of hydrogen-bond donors (Lipinski definition) is 2. The van der Waals surface area contributed by atoms with Gasteiger partial charge in [0, 0.05) is 9.86 Å². The highest BCUT2D eigenvalue weighted by atomic mass is 79.9. The van der Waals surface area contributed by atoms with E-state index in [0.717, 1.165) is 39.4 Å². The second-order valence-electron chi connectivity index (χ2n) is 5.89. The third kappa shape index (κ3) is 4.75. The third-order valence-electron chi connectivity index (χ3n) is 4.12. The van der Waals surface area contributed by atoms with Crippen molar-refractivity contribution in [3.05, 3.63) is 57.6 Å². The molecular weight excluding hydrogens is 448 g/mol. The molecule has 0 aliphatic carbocycles. The molecule has 0 amide bonds. The molecule has 0 radical (unpaired) electrons. The van der Waals surface area contributed by atoms with Gasteiger partial charge in [0.15, 0.2) is 5.76 Å². The van der Waals surface area contributed by atoms with E-state index in [4.69, 9.17) is 9.68 Å². The molecule has 148 valence electrons. The molecule has 0 spiro atoms. The molecule has 10 heteroatoms. The number of furan rings is 1. The van der Waals surface area contributed by atoms with E-state index < -0.39 is 6.93 Å². The molecule has 7 nitrogen and oxygen atoms in total.